The van der Waals surface area contributed by atoms with Gasteiger partial charge in [-0.25, -0.2) is 9.79 Å². The highest BCUT2D eigenvalue weighted by Crippen LogP contribution is 2.09. The van der Waals surface area contributed by atoms with Crippen LogP contribution in [0, 0.1) is 0 Å². The van der Waals surface area contributed by atoms with E-state index in [4.69, 9.17) is 4.74 Å². The molecule has 0 N–H and O–H groups in total. The average molecular weight is 206 g/mol. The molecule has 1 fully saturated rings. The molecule has 2 aliphatic rings. The van der Waals surface area contributed by atoms with Gasteiger partial charge in [0.1, 0.15) is 0 Å². The largest absolute Gasteiger partial charge is 0.510 e. The fourth-order valence-corrected chi connectivity index (χ4v) is 1.30. The molecule has 1 heterocycles. The zero-order valence-corrected chi connectivity index (χ0v) is 8.21. The topological polar surface area (TPSA) is 60.2 Å². The molecule has 0 aromatic heterocycles. The highest BCUT2D eigenvalue weighted by molar-refractivity contribution is 6.51. The zero-order chi connectivity index (χ0) is 10.7. The first-order valence-electron chi connectivity index (χ1n) is 4.52. The third kappa shape index (κ3) is 2.12. The zero-order valence-electron chi connectivity index (χ0n) is 8.21. The molecule has 0 radical (unpaired) electrons. The molecule has 1 aliphatic heterocycles. The second-order valence-corrected chi connectivity index (χ2v) is 2.97. The summed E-state index contributed by atoms with van der Waals surface area (Å²) in [6, 6.07) is 0. The molecule has 0 aromatic rings. The normalized spacial score (nSPS) is 29.7. The van der Waals surface area contributed by atoms with Crippen molar-refractivity contribution in [3.8, 4) is 0 Å². The standard InChI is InChI=1S/C10H10N2O3/c1-11-7-4-2-3-5-8(7)12-9-6-14-10(13)15-9/h2-5,9H,6H2,1H3. The molecule has 0 bridgehead atoms. The van der Waals surface area contributed by atoms with Gasteiger partial charge in [0.15, 0.2) is 6.61 Å². The number of ether oxygens (including phenoxy) is 2. The summed E-state index contributed by atoms with van der Waals surface area (Å²) in [5.74, 6) is 0. The van der Waals surface area contributed by atoms with Crippen LogP contribution in [0.5, 0.6) is 0 Å². The third-order valence-electron chi connectivity index (χ3n) is 1.98. The summed E-state index contributed by atoms with van der Waals surface area (Å²) < 4.78 is 9.42. The fraction of sp³-hybridized carbons (Fsp3) is 0.300. The highest BCUT2D eigenvalue weighted by Gasteiger charge is 2.24. The molecule has 1 atom stereocenters. The maximum atomic E-state index is 10.7. The minimum Gasteiger partial charge on any atom is -0.428 e. The molecular weight excluding hydrogens is 196 g/mol. The molecule has 5 heteroatoms. The fourth-order valence-electron chi connectivity index (χ4n) is 1.30. The van der Waals surface area contributed by atoms with Gasteiger partial charge < -0.3 is 9.47 Å². The lowest BCUT2D eigenvalue weighted by atomic mass is 10.1. The van der Waals surface area contributed by atoms with E-state index in [1.54, 1.807) is 7.05 Å². The maximum absolute atomic E-state index is 10.7. The number of carbonyl (C=O) groups is 1. The predicted octanol–water partition coefficient (Wildman–Crippen LogP) is 1.12. The van der Waals surface area contributed by atoms with E-state index >= 15 is 0 Å². The van der Waals surface area contributed by atoms with Gasteiger partial charge in [-0.05, 0) is 12.2 Å². The van der Waals surface area contributed by atoms with Gasteiger partial charge in [-0.15, -0.1) is 0 Å². The van der Waals surface area contributed by atoms with Gasteiger partial charge in [0.2, 0.25) is 6.23 Å². The first-order valence-corrected chi connectivity index (χ1v) is 4.52. The Bertz CT molecular complexity index is 393. The molecule has 1 unspecified atom stereocenters. The van der Waals surface area contributed by atoms with Crippen molar-refractivity contribution in [2.75, 3.05) is 13.7 Å². The van der Waals surface area contributed by atoms with E-state index in [-0.39, 0.29) is 6.61 Å². The lowest BCUT2D eigenvalue weighted by Crippen LogP contribution is -2.17. The minimum atomic E-state index is -0.672. The van der Waals surface area contributed by atoms with E-state index in [1.165, 1.54) is 0 Å². The second kappa shape index (κ2) is 4.08. The van der Waals surface area contributed by atoms with Crippen LogP contribution >= 0.6 is 0 Å². The van der Waals surface area contributed by atoms with Crippen LogP contribution in [0.25, 0.3) is 0 Å². The monoisotopic (exact) mass is 206 g/mol. The number of nitrogens with zero attached hydrogens (tertiary/aromatic N) is 2. The lowest BCUT2D eigenvalue weighted by Gasteiger charge is -2.06. The number of aliphatic imine (C=N–C) groups is 2. The first kappa shape index (κ1) is 9.64. The number of rotatable bonds is 1. The van der Waals surface area contributed by atoms with Crippen molar-refractivity contribution in [1.29, 1.82) is 0 Å². The SMILES string of the molecule is CN=C1C=CC=CC1=NC1COC(=O)O1. The van der Waals surface area contributed by atoms with Crippen LogP contribution in [0.1, 0.15) is 0 Å². The van der Waals surface area contributed by atoms with Gasteiger partial charge >= 0.3 is 6.16 Å². The van der Waals surface area contributed by atoms with Crippen molar-refractivity contribution in [3.63, 3.8) is 0 Å². The molecule has 78 valence electrons. The van der Waals surface area contributed by atoms with Gasteiger partial charge in [-0.3, -0.25) is 4.99 Å². The summed E-state index contributed by atoms with van der Waals surface area (Å²) in [6.45, 7) is 0.164. The van der Waals surface area contributed by atoms with Crippen molar-refractivity contribution in [2.24, 2.45) is 9.98 Å². The Kier molecular flexibility index (Phi) is 2.62. The van der Waals surface area contributed by atoms with Crippen molar-refractivity contribution in [1.82, 2.24) is 0 Å². The Hall–Kier alpha value is -1.91. The van der Waals surface area contributed by atoms with Crippen LogP contribution < -0.4 is 0 Å². The van der Waals surface area contributed by atoms with E-state index in [0.717, 1.165) is 5.71 Å². The number of hydrogen-bond acceptors (Lipinski definition) is 5. The maximum Gasteiger partial charge on any atom is 0.510 e. The van der Waals surface area contributed by atoms with Gasteiger partial charge in [0.05, 0.1) is 11.4 Å². The van der Waals surface area contributed by atoms with Gasteiger partial charge in [-0.1, -0.05) is 12.2 Å². The van der Waals surface area contributed by atoms with Crippen molar-refractivity contribution < 1.29 is 14.3 Å². The van der Waals surface area contributed by atoms with Crippen LogP contribution in [0.15, 0.2) is 34.3 Å². The minimum absolute atomic E-state index is 0.164. The Balaban J connectivity index is 2.15. The summed E-state index contributed by atoms with van der Waals surface area (Å²) in [7, 11) is 1.69. The lowest BCUT2D eigenvalue weighted by molar-refractivity contribution is 0.120. The average Bonchev–Trinajstić information content (AvgIpc) is 2.65. The number of carbonyl (C=O) groups excluding carboxylic acids is 1. The van der Waals surface area contributed by atoms with E-state index < -0.39 is 12.4 Å². The van der Waals surface area contributed by atoms with Gasteiger partial charge in [-0.2, -0.15) is 0 Å². The molecule has 2 rings (SSSR count). The number of hydrogen-bond donors (Lipinski definition) is 0. The molecule has 0 aromatic carbocycles. The molecular formula is C10H10N2O3. The summed E-state index contributed by atoms with van der Waals surface area (Å²) >= 11 is 0. The predicted molar refractivity (Wildman–Crippen MR) is 55.3 cm³/mol. The van der Waals surface area contributed by atoms with Crippen LogP contribution in [-0.2, 0) is 9.47 Å². The Labute approximate surface area is 86.8 Å². The van der Waals surface area contributed by atoms with E-state index in [2.05, 4.69) is 14.7 Å². The van der Waals surface area contributed by atoms with Crippen LogP contribution in [0.2, 0.25) is 0 Å². The molecule has 5 nitrogen and oxygen atoms in total. The van der Waals surface area contributed by atoms with Crippen LogP contribution in [0.4, 0.5) is 4.79 Å². The van der Waals surface area contributed by atoms with E-state index in [9.17, 15) is 4.79 Å². The summed E-state index contributed by atoms with van der Waals surface area (Å²) in [5.41, 5.74) is 1.46. The highest BCUT2D eigenvalue weighted by atomic mass is 16.8. The Morgan fingerprint density at radius 1 is 1.33 bits per heavy atom. The summed E-state index contributed by atoms with van der Waals surface area (Å²) in [6.07, 6.45) is 6.16. The quantitative estimate of drug-likeness (QED) is 0.477. The van der Waals surface area contributed by atoms with E-state index in [0.29, 0.717) is 5.71 Å². The third-order valence-corrected chi connectivity index (χ3v) is 1.98. The molecule has 15 heavy (non-hydrogen) atoms. The molecule has 1 aliphatic carbocycles. The Morgan fingerprint density at radius 2 is 2.07 bits per heavy atom. The van der Waals surface area contributed by atoms with Crippen molar-refractivity contribution >= 4 is 17.6 Å². The molecule has 1 saturated heterocycles. The van der Waals surface area contributed by atoms with Gasteiger partial charge in [0.25, 0.3) is 0 Å². The molecule has 0 amide bonds. The summed E-state index contributed by atoms with van der Waals surface area (Å²) in [4.78, 5) is 18.9. The molecule has 0 saturated carbocycles. The second-order valence-electron chi connectivity index (χ2n) is 2.97. The summed E-state index contributed by atoms with van der Waals surface area (Å²) in [5, 5.41) is 0. The Morgan fingerprint density at radius 3 is 2.67 bits per heavy atom. The smallest absolute Gasteiger partial charge is 0.428 e. The van der Waals surface area contributed by atoms with Crippen molar-refractivity contribution in [2.45, 2.75) is 6.23 Å². The van der Waals surface area contributed by atoms with Crippen molar-refractivity contribution in [3.05, 3.63) is 24.3 Å². The number of allylic oxidation sites excluding steroid dienone is 4. The van der Waals surface area contributed by atoms with Crippen LogP contribution in [-0.4, -0.2) is 37.5 Å². The van der Waals surface area contributed by atoms with E-state index in [1.807, 2.05) is 24.3 Å². The molecule has 0 spiro atoms. The number of cyclic esters (lactones) is 2. The van der Waals surface area contributed by atoms with Gasteiger partial charge in [0, 0.05) is 7.05 Å². The first-order chi connectivity index (χ1) is 7.29. The van der Waals surface area contributed by atoms with Crippen LogP contribution in [0.3, 0.4) is 0 Å².